The summed E-state index contributed by atoms with van der Waals surface area (Å²) in [6.07, 6.45) is 0. The molecule has 0 saturated heterocycles. The first-order valence-corrected chi connectivity index (χ1v) is 9.78. The molecule has 0 aliphatic heterocycles. The van der Waals surface area contributed by atoms with Crippen LogP contribution in [0.4, 0.5) is 5.69 Å². The number of phenols is 1. The molecule has 0 heterocycles. The van der Waals surface area contributed by atoms with Crippen molar-refractivity contribution in [3.63, 3.8) is 0 Å². The van der Waals surface area contributed by atoms with Crippen molar-refractivity contribution in [2.45, 2.75) is 30.6 Å². The maximum absolute atomic E-state index is 11.3. The van der Waals surface area contributed by atoms with E-state index >= 15 is 0 Å². The van der Waals surface area contributed by atoms with Crippen molar-refractivity contribution in [1.82, 2.24) is 0 Å². The highest BCUT2D eigenvalue weighted by molar-refractivity contribution is 7.86. The van der Waals surface area contributed by atoms with E-state index in [0.29, 0.717) is 0 Å². The maximum atomic E-state index is 11.3. The van der Waals surface area contributed by atoms with Gasteiger partial charge in [-0.1, -0.05) is 13.8 Å². The van der Waals surface area contributed by atoms with Gasteiger partial charge in [0.1, 0.15) is 10.6 Å². The Kier molecular flexibility index (Phi) is 5.82. The minimum absolute atomic E-state index is 0.0233. The van der Waals surface area contributed by atoms with Crippen molar-refractivity contribution in [1.29, 1.82) is 0 Å². The molecule has 0 saturated carbocycles. The highest BCUT2D eigenvalue weighted by atomic mass is 32.2. The third-order valence-electron chi connectivity index (χ3n) is 3.24. The second-order valence-electron chi connectivity index (χ2n) is 4.62. The molecule has 8 nitrogen and oxygen atoms in total. The number of anilines is 1. The van der Waals surface area contributed by atoms with Gasteiger partial charge in [-0.25, -0.2) is 0 Å². The molecule has 2 rings (SSSR count). The van der Waals surface area contributed by atoms with E-state index in [1.54, 1.807) is 0 Å². The standard InChI is InChI=1S/C12H13NO7S2.C2H6/c1-6-10(22(18,19)20)4-7-3-8(21(15,16)17)5-9(13-2)11(7)12(6)14;1-2/h3-5,13-14H,1-2H3,(H,15,16,17)(H,18,19,20);1-2H3. The quantitative estimate of drug-likeness (QED) is 0.598. The lowest BCUT2D eigenvalue weighted by Gasteiger charge is -2.14. The van der Waals surface area contributed by atoms with E-state index in [1.165, 1.54) is 14.0 Å². The fourth-order valence-electron chi connectivity index (χ4n) is 2.18. The number of nitrogens with one attached hydrogen (secondary N) is 1. The molecule has 0 atom stereocenters. The Bertz CT molecular complexity index is 980. The predicted molar refractivity (Wildman–Crippen MR) is 90.9 cm³/mol. The molecule has 0 fully saturated rings. The number of fused-ring (bicyclic) bond motifs is 1. The number of phenolic OH excluding ortho intramolecular Hbond substituents is 1. The first-order chi connectivity index (χ1) is 11.0. The van der Waals surface area contributed by atoms with Crippen LogP contribution in [0.1, 0.15) is 19.4 Å². The lowest BCUT2D eigenvalue weighted by atomic mass is 10.0. The number of hydrogen-bond donors (Lipinski definition) is 4. The SMILES string of the molecule is CC.CNc1cc(S(=O)(=O)O)cc2cc(S(=O)(=O)O)c(C)c(O)c12. The molecule has 2 aromatic rings. The van der Waals surface area contributed by atoms with Gasteiger partial charge in [-0.15, -0.1) is 0 Å². The summed E-state index contributed by atoms with van der Waals surface area (Å²) in [6.45, 7) is 5.30. The van der Waals surface area contributed by atoms with Crippen molar-refractivity contribution < 1.29 is 31.0 Å². The Morgan fingerprint density at radius 2 is 1.50 bits per heavy atom. The molecule has 0 radical (unpaired) electrons. The molecule has 134 valence electrons. The average molecular weight is 377 g/mol. The molecule has 0 amide bonds. The largest absolute Gasteiger partial charge is 0.507 e. The summed E-state index contributed by atoms with van der Waals surface area (Å²) in [7, 11) is -7.67. The molecule has 4 N–H and O–H groups in total. The van der Waals surface area contributed by atoms with Crippen LogP contribution in [0.5, 0.6) is 5.75 Å². The smallest absolute Gasteiger partial charge is 0.294 e. The van der Waals surface area contributed by atoms with Gasteiger partial charge >= 0.3 is 0 Å². The number of benzene rings is 2. The molecule has 0 aliphatic rings. The van der Waals surface area contributed by atoms with Gasteiger partial charge in [-0.3, -0.25) is 9.11 Å². The fraction of sp³-hybridized carbons (Fsp3) is 0.286. The van der Waals surface area contributed by atoms with Crippen LogP contribution in [-0.2, 0) is 20.2 Å². The van der Waals surface area contributed by atoms with E-state index in [4.69, 9.17) is 4.55 Å². The molecule has 0 bridgehead atoms. The van der Waals surface area contributed by atoms with Gasteiger partial charge in [0.2, 0.25) is 0 Å². The Labute approximate surface area is 140 Å². The molecule has 24 heavy (non-hydrogen) atoms. The lowest BCUT2D eigenvalue weighted by molar-refractivity contribution is 0.466. The van der Waals surface area contributed by atoms with E-state index in [1.807, 2.05) is 13.8 Å². The van der Waals surface area contributed by atoms with Crippen LogP contribution in [0.3, 0.4) is 0 Å². The Morgan fingerprint density at radius 1 is 0.958 bits per heavy atom. The van der Waals surface area contributed by atoms with Crippen molar-refractivity contribution in [2.24, 2.45) is 0 Å². The Morgan fingerprint density at radius 3 is 1.92 bits per heavy atom. The van der Waals surface area contributed by atoms with Crippen molar-refractivity contribution in [2.75, 3.05) is 12.4 Å². The molecular formula is C14H19NO7S2. The van der Waals surface area contributed by atoms with Crippen molar-refractivity contribution in [3.8, 4) is 5.75 Å². The summed E-state index contributed by atoms with van der Waals surface area (Å²) in [4.78, 5) is -1.03. The van der Waals surface area contributed by atoms with Gasteiger partial charge in [-0.2, -0.15) is 16.8 Å². The third-order valence-corrected chi connectivity index (χ3v) is 5.05. The van der Waals surface area contributed by atoms with Gasteiger partial charge in [0.15, 0.2) is 0 Å². The highest BCUT2D eigenvalue weighted by Gasteiger charge is 2.22. The van der Waals surface area contributed by atoms with Crippen LogP contribution in [0.15, 0.2) is 28.0 Å². The summed E-state index contributed by atoms with van der Waals surface area (Å²) in [6, 6.07) is 3.12. The molecule has 0 spiro atoms. The van der Waals surface area contributed by atoms with Gasteiger partial charge in [-0.05, 0) is 30.5 Å². The first-order valence-electron chi connectivity index (χ1n) is 6.90. The van der Waals surface area contributed by atoms with E-state index in [9.17, 15) is 26.5 Å². The van der Waals surface area contributed by atoms with Crippen LogP contribution in [0.2, 0.25) is 0 Å². The van der Waals surface area contributed by atoms with Crippen LogP contribution < -0.4 is 5.32 Å². The summed E-state index contributed by atoms with van der Waals surface area (Å²) in [5.74, 6) is -0.420. The Hall–Kier alpha value is -1.88. The number of aromatic hydroxyl groups is 1. The second kappa shape index (κ2) is 6.93. The van der Waals surface area contributed by atoms with Crippen LogP contribution in [-0.4, -0.2) is 38.1 Å². The molecule has 10 heteroatoms. The van der Waals surface area contributed by atoms with Gasteiger partial charge in [0.05, 0.1) is 4.90 Å². The molecule has 0 unspecified atom stereocenters. The fourth-order valence-corrected chi connectivity index (χ4v) is 3.49. The zero-order valence-corrected chi connectivity index (χ0v) is 15.2. The zero-order chi connectivity index (χ0) is 18.9. The third kappa shape index (κ3) is 3.78. The van der Waals surface area contributed by atoms with E-state index < -0.39 is 35.8 Å². The van der Waals surface area contributed by atoms with Gasteiger partial charge in [0.25, 0.3) is 20.2 Å². The number of hydrogen-bond acceptors (Lipinski definition) is 6. The Balaban J connectivity index is 0.00000139. The summed E-state index contributed by atoms with van der Waals surface area (Å²) in [5, 5.41) is 13.0. The minimum Gasteiger partial charge on any atom is -0.507 e. The first kappa shape index (κ1) is 20.2. The normalized spacial score (nSPS) is 11.8. The van der Waals surface area contributed by atoms with E-state index in [0.717, 1.165) is 18.2 Å². The van der Waals surface area contributed by atoms with Crippen LogP contribution >= 0.6 is 0 Å². The zero-order valence-electron chi connectivity index (χ0n) is 13.5. The van der Waals surface area contributed by atoms with E-state index in [2.05, 4.69) is 5.32 Å². The van der Waals surface area contributed by atoms with Crippen LogP contribution in [0.25, 0.3) is 10.8 Å². The predicted octanol–water partition coefficient (Wildman–Crippen LogP) is 2.42. The van der Waals surface area contributed by atoms with Gasteiger partial charge < -0.3 is 10.4 Å². The molecule has 2 aromatic carbocycles. The second-order valence-corrected chi connectivity index (χ2v) is 7.43. The topological polar surface area (TPSA) is 141 Å². The van der Waals surface area contributed by atoms with E-state index in [-0.39, 0.29) is 22.0 Å². The highest BCUT2D eigenvalue weighted by Crippen LogP contribution is 2.39. The monoisotopic (exact) mass is 377 g/mol. The summed E-state index contributed by atoms with van der Waals surface area (Å²) < 4.78 is 63.6. The number of rotatable bonds is 3. The minimum atomic E-state index is -4.61. The lowest BCUT2D eigenvalue weighted by Crippen LogP contribution is -2.04. The average Bonchev–Trinajstić information content (AvgIpc) is 2.49. The molecular weight excluding hydrogens is 358 g/mol. The van der Waals surface area contributed by atoms with Crippen molar-refractivity contribution >= 4 is 36.7 Å². The molecule has 0 aliphatic carbocycles. The molecule has 0 aromatic heterocycles. The summed E-state index contributed by atoms with van der Waals surface area (Å²) >= 11 is 0. The summed E-state index contributed by atoms with van der Waals surface area (Å²) in [5.41, 5.74) is 0.0960. The van der Waals surface area contributed by atoms with Gasteiger partial charge in [0, 0.05) is 23.7 Å². The van der Waals surface area contributed by atoms with Crippen molar-refractivity contribution in [3.05, 3.63) is 23.8 Å². The van der Waals surface area contributed by atoms with Crippen LogP contribution in [0, 0.1) is 6.92 Å². The maximum Gasteiger partial charge on any atom is 0.294 e.